The first kappa shape index (κ1) is 15.1. The highest BCUT2D eigenvalue weighted by atomic mass is 32.1. The molecule has 1 aromatic rings. The van der Waals surface area contributed by atoms with Gasteiger partial charge in [-0.15, -0.1) is 15.2 Å². The first-order valence-electron chi connectivity index (χ1n) is 6.77. The Morgan fingerprint density at radius 2 is 2.09 bits per heavy atom. The molecule has 1 saturated carbocycles. The van der Waals surface area contributed by atoms with Gasteiger partial charge in [0.15, 0.2) is 0 Å². The minimum absolute atomic E-state index is 0.0453. The van der Waals surface area contributed by atoms with Crippen LogP contribution in [0.3, 0.4) is 0 Å². The zero-order valence-electron chi connectivity index (χ0n) is 11.6. The molecule has 1 aliphatic carbocycles. The maximum Gasteiger partial charge on any atom is 0.309 e. The fraction of sp³-hybridized carbons (Fsp3) is 0.636. The molecule has 2 heterocycles. The molecule has 1 saturated heterocycles. The van der Waals surface area contributed by atoms with E-state index in [1.54, 1.807) is 0 Å². The summed E-state index contributed by atoms with van der Waals surface area (Å²) in [5.74, 6) is -1.60. The number of hydrogen-bond donors (Lipinski definition) is 5. The number of nitrogens with two attached hydrogens (primary N) is 1. The molecular weight excluding hydrogens is 312 g/mol. The summed E-state index contributed by atoms with van der Waals surface area (Å²) in [5.41, 5.74) is 8.17. The van der Waals surface area contributed by atoms with Gasteiger partial charge >= 0.3 is 11.8 Å². The van der Waals surface area contributed by atoms with Crippen LogP contribution in [-0.4, -0.2) is 45.4 Å². The summed E-state index contributed by atoms with van der Waals surface area (Å²) in [6.45, 7) is 1.94. The molecular formula is C11H16N6O4S. The molecule has 2 fully saturated rings. The lowest BCUT2D eigenvalue weighted by Crippen LogP contribution is -2.68. The van der Waals surface area contributed by atoms with Crippen molar-refractivity contribution in [2.75, 3.05) is 5.73 Å². The second kappa shape index (κ2) is 5.76. The second-order valence-corrected chi connectivity index (χ2v) is 6.53. The molecule has 120 valence electrons. The SMILES string of the molecule is CC1C(NOO)CC2NC(=O)C(=O)NC2C1c1nnc(N)s1. The van der Waals surface area contributed by atoms with Gasteiger partial charge in [-0.25, -0.2) is 5.26 Å². The molecule has 5 atom stereocenters. The summed E-state index contributed by atoms with van der Waals surface area (Å²) < 4.78 is 0. The summed E-state index contributed by atoms with van der Waals surface area (Å²) in [5, 5.41) is 23.0. The van der Waals surface area contributed by atoms with Crippen molar-refractivity contribution in [3.05, 3.63) is 5.01 Å². The van der Waals surface area contributed by atoms with Crippen molar-refractivity contribution in [2.45, 2.75) is 37.4 Å². The van der Waals surface area contributed by atoms with Crippen LogP contribution < -0.4 is 21.8 Å². The molecule has 2 amide bonds. The molecule has 0 bridgehead atoms. The van der Waals surface area contributed by atoms with E-state index in [4.69, 9.17) is 11.0 Å². The number of aromatic nitrogens is 2. The minimum atomic E-state index is -0.671. The smallest absolute Gasteiger partial charge is 0.309 e. The molecule has 6 N–H and O–H groups in total. The third-order valence-corrected chi connectivity index (χ3v) is 5.15. The van der Waals surface area contributed by atoms with E-state index in [0.29, 0.717) is 16.6 Å². The van der Waals surface area contributed by atoms with E-state index in [-0.39, 0.29) is 30.0 Å². The highest BCUT2D eigenvalue weighted by Crippen LogP contribution is 2.40. The van der Waals surface area contributed by atoms with E-state index >= 15 is 0 Å². The van der Waals surface area contributed by atoms with Crippen molar-refractivity contribution in [2.24, 2.45) is 5.92 Å². The van der Waals surface area contributed by atoms with Crippen LogP contribution in [0.4, 0.5) is 5.13 Å². The first-order valence-corrected chi connectivity index (χ1v) is 7.59. The van der Waals surface area contributed by atoms with Crippen LogP contribution in [0.5, 0.6) is 0 Å². The monoisotopic (exact) mass is 328 g/mol. The van der Waals surface area contributed by atoms with Gasteiger partial charge in [-0.2, -0.15) is 5.48 Å². The maximum atomic E-state index is 11.7. The second-order valence-electron chi connectivity index (χ2n) is 5.49. The summed E-state index contributed by atoms with van der Waals surface area (Å²) in [6.07, 6.45) is 0.489. The van der Waals surface area contributed by atoms with E-state index in [1.165, 1.54) is 11.3 Å². The fourth-order valence-electron chi connectivity index (χ4n) is 3.24. The summed E-state index contributed by atoms with van der Waals surface area (Å²) in [7, 11) is 0. The Labute approximate surface area is 129 Å². The molecule has 2 aliphatic rings. The van der Waals surface area contributed by atoms with Gasteiger partial charge < -0.3 is 16.4 Å². The normalized spacial score (nSPS) is 34.7. The highest BCUT2D eigenvalue weighted by Gasteiger charge is 2.49. The van der Waals surface area contributed by atoms with Crippen molar-refractivity contribution < 1.29 is 19.8 Å². The van der Waals surface area contributed by atoms with Crippen molar-refractivity contribution in [3.8, 4) is 0 Å². The zero-order valence-corrected chi connectivity index (χ0v) is 12.5. The van der Waals surface area contributed by atoms with Crippen molar-refractivity contribution in [3.63, 3.8) is 0 Å². The maximum absolute atomic E-state index is 11.7. The Bertz CT molecular complexity index is 595. The third kappa shape index (κ3) is 2.52. The van der Waals surface area contributed by atoms with E-state index in [9.17, 15) is 9.59 Å². The topological polar surface area (TPSA) is 151 Å². The number of carbonyl (C=O) groups is 2. The van der Waals surface area contributed by atoms with E-state index in [1.807, 2.05) is 6.92 Å². The van der Waals surface area contributed by atoms with Crippen LogP contribution in [0.1, 0.15) is 24.3 Å². The van der Waals surface area contributed by atoms with Gasteiger partial charge in [-0.1, -0.05) is 18.3 Å². The average Bonchev–Trinajstić information content (AvgIpc) is 2.89. The van der Waals surface area contributed by atoms with Crippen LogP contribution in [-0.2, 0) is 14.6 Å². The minimum Gasteiger partial charge on any atom is -0.374 e. The first-order chi connectivity index (χ1) is 10.5. The number of anilines is 1. The Morgan fingerprint density at radius 3 is 2.73 bits per heavy atom. The molecule has 0 radical (unpaired) electrons. The van der Waals surface area contributed by atoms with Gasteiger partial charge in [0.05, 0.1) is 12.1 Å². The van der Waals surface area contributed by atoms with Crippen LogP contribution in [0.15, 0.2) is 0 Å². The summed E-state index contributed by atoms with van der Waals surface area (Å²) in [4.78, 5) is 27.3. The summed E-state index contributed by atoms with van der Waals surface area (Å²) in [6, 6.07) is -0.856. The average molecular weight is 328 g/mol. The quantitative estimate of drug-likeness (QED) is 0.258. The van der Waals surface area contributed by atoms with Gasteiger partial charge in [-0.3, -0.25) is 9.59 Å². The van der Waals surface area contributed by atoms with Gasteiger partial charge in [0.2, 0.25) is 5.13 Å². The molecule has 3 rings (SSSR count). The lowest BCUT2D eigenvalue weighted by Gasteiger charge is -2.46. The Kier molecular flexibility index (Phi) is 3.95. The molecule has 1 aromatic heterocycles. The Morgan fingerprint density at radius 1 is 1.36 bits per heavy atom. The highest BCUT2D eigenvalue weighted by molar-refractivity contribution is 7.15. The van der Waals surface area contributed by atoms with Gasteiger partial charge in [-0.05, 0) is 12.3 Å². The molecule has 0 spiro atoms. The number of piperazine rings is 1. The number of hydrogen-bond acceptors (Lipinski definition) is 9. The molecule has 22 heavy (non-hydrogen) atoms. The van der Waals surface area contributed by atoms with Gasteiger partial charge in [0, 0.05) is 12.0 Å². The van der Waals surface area contributed by atoms with Gasteiger partial charge in [0.25, 0.3) is 0 Å². The molecule has 0 aromatic carbocycles. The zero-order chi connectivity index (χ0) is 15.9. The largest absolute Gasteiger partial charge is 0.374 e. The van der Waals surface area contributed by atoms with Crippen molar-refractivity contribution in [1.82, 2.24) is 26.3 Å². The number of hydroxylamine groups is 1. The van der Waals surface area contributed by atoms with E-state index in [2.05, 4.69) is 31.3 Å². The van der Waals surface area contributed by atoms with E-state index < -0.39 is 11.8 Å². The Balaban J connectivity index is 1.94. The standard InChI is InChI=1S/C11H16N6O4S/c1-3-4(17-21-20)2-5-7(14-9(19)8(18)13-5)6(3)10-15-16-11(12)22-10/h3-7,17,20H,2H2,1H3,(H2,12,16)(H,13,18)(H,14,19). The molecule has 11 heteroatoms. The molecule has 1 aliphatic heterocycles. The number of nitrogens with zero attached hydrogens (tertiary/aromatic N) is 2. The van der Waals surface area contributed by atoms with Crippen LogP contribution in [0.25, 0.3) is 0 Å². The number of nitrogen functional groups attached to an aromatic ring is 1. The molecule has 10 nitrogen and oxygen atoms in total. The lowest BCUT2D eigenvalue weighted by atomic mass is 9.71. The van der Waals surface area contributed by atoms with Crippen molar-refractivity contribution >= 4 is 28.3 Å². The lowest BCUT2D eigenvalue weighted by molar-refractivity contribution is -0.304. The van der Waals surface area contributed by atoms with Crippen LogP contribution >= 0.6 is 11.3 Å². The number of rotatable bonds is 3. The fourth-order valence-corrected chi connectivity index (χ4v) is 4.11. The predicted molar refractivity (Wildman–Crippen MR) is 75.3 cm³/mol. The number of carbonyl (C=O) groups excluding carboxylic acids is 2. The van der Waals surface area contributed by atoms with Crippen LogP contribution in [0.2, 0.25) is 0 Å². The number of amides is 2. The number of nitrogens with one attached hydrogen (secondary N) is 3. The van der Waals surface area contributed by atoms with Crippen molar-refractivity contribution in [1.29, 1.82) is 0 Å². The summed E-state index contributed by atoms with van der Waals surface area (Å²) >= 11 is 1.24. The third-order valence-electron chi connectivity index (χ3n) is 4.30. The Hall–Kier alpha value is -1.82. The van der Waals surface area contributed by atoms with E-state index in [0.717, 1.165) is 0 Å². The predicted octanol–water partition coefficient (Wildman–Crippen LogP) is -1.41. The number of fused-ring (bicyclic) bond motifs is 1. The molecule has 5 unspecified atom stereocenters. The van der Waals surface area contributed by atoms with Gasteiger partial charge in [0.1, 0.15) is 5.01 Å². The van der Waals surface area contributed by atoms with Crippen LogP contribution in [0, 0.1) is 5.92 Å².